The average molecular weight is 499 g/mol. The van der Waals surface area contributed by atoms with Crippen molar-refractivity contribution >= 4 is 47.2 Å². The molecule has 0 fully saturated rings. The Morgan fingerprint density at radius 2 is 1.93 bits per heavy atom. The minimum atomic E-state index is 0. The van der Waals surface area contributed by atoms with E-state index >= 15 is 0 Å². The van der Waals surface area contributed by atoms with Crippen molar-refractivity contribution in [1.82, 2.24) is 25.2 Å². The number of halogens is 2. The summed E-state index contributed by atoms with van der Waals surface area (Å²) in [7, 11) is 0. The minimum absolute atomic E-state index is 0. The molecule has 3 rings (SSSR count). The summed E-state index contributed by atoms with van der Waals surface area (Å²) in [5.74, 6) is 1.76. The van der Waals surface area contributed by atoms with Crippen molar-refractivity contribution in [2.45, 2.75) is 26.3 Å². The van der Waals surface area contributed by atoms with Gasteiger partial charge in [0.1, 0.15) is 5.82 Å². The van der Waals surface area contributed by atoms with Crippen LogP contribution in [0.1, 0.15) is 24.7 Å². The topological polar surface area (TPSA) is 66.6 Å². The van der Waals surface area contributed by atoms with E-state index < -0.39 is 0 Å². The summed E-state index contributed by atoms with van der Waals surface area (Å²) in [5, 5.41) is 15.8. The Balaban J connectivity index is 0.00000261. The number of nitrogens with zero attached hydrogens (tertiary/aromatic N) is 4. The highest BCUT2D eigenvalue weighted by Gasteiger charge is 2.05. The van der Waals surface area contributed by atoms with Gasteiger partial charge in [-0.3, -0.25) is 4.40 Å². The third-order valence-electron chi connectivity index (χ3n) is 3.96. The average Bonchev–Trinajstić information content (AvgIpc) is 3.07. The number of fused-ring (bicyclic) bond motifs is 1. The SMILES string of the molecule is CCNC(=NCc1ccccc1Cl)NCCCc1nnc2ccccn12.I. The van der Waals surface area contributed by atoms with E-state index in [1.807, 2.05) is 53.1 Å². The zero-order valence-electron chi connectivity index (χ0n) is 15.2. The number of rotatable bonds is 7. The number of aryl methyl sites for hydroxylation is 1. The van der Waals surface area contributed by atoms with Gasteiger partial charge in [0, 0.05) is 30.7 Å². The molecular formula is C19H24ClIN6. The van der Waals surface area contributed by atoms with E-state index in [-0.39, 0.29) is 24.0 Å². The summed E-state index contributed by atoms with van der Waals surface area (Å²) < 4.78 is 2.02. The highest BCUT2D eigenvalue weighted by molar-refractivity contribution is 14.0. The molecule has 0 aliphatic rings. The molecule has 0 amide bonds. The fourth-order valence-electron chi connectivity index (χ4n) is 2.65. The van der Waals surface area contributed by atoms with Crippen LogP contribution in [-0.4, -0.2) is 33.6 Å². The molecule has 0 unspecified atom stereocenters. The molecule has 2 N–H and O–H groups in total. The maximum Gasteiger partial charge on any atom is 0.191 e. The van der Waals surface area contributed by atoms with Crippen molar-refractivity contribution < 1.29 is 0 Å². The molecule has 0 saturated carbocycles. The lowest BCUT2D eigenvalue weighted by Gasteiger charge is -2.11. The Hall–Kier alpha value is -1.87. The first-order valence-corrected chi connectivity index (χ1v) is 9.20. The van der Waals surface area contributed by atoms with Gasteiger partial charge in [0.2, 0.25) is 0 Å². The van der Waals surface area contributed by atoms with Crippen LogP contribution in [0, 0.1) is 0 Å². The predicted octanol–water partition coefficient (Wildman–Crippen LogP) is 3.69. The zero-order chi connectivity index (χ0) is 18.2. The van der Waals surface area contributed by atoms with Crippen LogP contribution in [0.5, 0.6) is 0 Å². The Morgan fingerprint density at radius 1 is 1.11 bits per heavy atom. The zero-order valence-corrected chi connectivity index (χ0v) is 18.3. The van der Waals surface area contributed by atoms with Gasteiger partial charge in [0.15, 0.2) is 11.6 Å². The number of hydrogen-bond acceptors (Lipinski definition) is 3. The Bertz CT molecular complexity index is 879. The lowest BCUT2D eigenvalue weighted by molar-refractivity contribution is 0.715. The van der Waals surface area contributed by atoms with E-state index in [4.69, 9.17) is 11.6 Å². The second-order valence-electron chi connectivity index (χ2n) is 5.86. The summed E-state index contributed by atoms with van der Waals surface area (Å²) in [6.07, 6.45) is 3.78. The molecule has 0 bridgehead atoms. The second kappa shape index (κ2) is 11.1. The van der Waals surface area contributed by atoms with Gasteiger partial charge >= 0.3 is 0 Å². The monoisotopic (exact) mass is 498 g/mol. The molecule has 2 aromatic heterocycles. The largest absolute Gasteiger partial charge is 0.357 e. The van der Waals surface area contributed by atoms with Gasteiger partial charge in [-0.2, -0.15) is 0 Å². The van der Waals surface area contributed by atoms with Crippen molar-refractivity contribution in [3.63, 3.8) is 0 Å². The van der Waals surface area contributed by atoms with Gasteiger partial charge in [-0.15, -0.1) is 34.2 Å². The third-order valence-corrected chi connectivity index (χ3v) is 4.33. The molecule has 6 nitrogen and oxygen atoms in total. The van der Waals surface area contributed by atoms with Crippen LogP contribution in [0.25, 0.3) is 5.65 Å². The quantitative estimate of drug-likeness (QED) is 0.226. The van der Waals surface area contributed by atoms with Crippen molar-refractivity contribution in [3.8, 4) is 0 Å². The van der Waals surface area contributed by atoms with Crippen LogP contribution in [0.2, 0.25) is 5.02 Å². The Morgan fingerprint density at radius 3 is 2.74 bits per heavy atom. The molecule has 0 radical (unpaired) electrons. The molecule has 0 atom stereocenters. The first kappa shape index (κ1) is 21.4. The van der Waals surface area contributed by atoms with E-state index in [1.165, 1.54) is 0 Å². The molecule has 3 aromatic rings. The molecule has 0 spiro atoms. The summed E-state index contributed by atoms with van der Waals surface area (Å²) >= 11 is 6.19. The molecule has 8 heteroatoms. The molecule has 144 valence electrons. The van der Waals surface area contributed by atoms with Crippen LogP contribution >= 0.6 is 35.6 Å². The second-order valence-corrected chi connectivity index (χ2v) is 6.27. The fourth-order valence-corrected chi connectivity index (χ4v) is 2.84. The molecule has 0 aliphatic carbocycles. The summed E-state index contributed by atoms with van der Waals surface area (Å²) in [5.41, 5.74) is 1.89. The number of aliphatic imine (C=N–C) groups is 1. The van der Waals surface area contributed by atoms with E-state index in [9.17, 15) is 0 Å². The van der Waals surface area contributed by atoms with Crippen LogP contribution in [-0.2, 0) is 13.0 Å². The molecule has 0 saturated heterocycles. The minimum Gasteiger partial charge on any atom is -0.357 e. The van der Waals surface area contributed by atoms with Crippen LogP contribution < -0.4 is 10.6 Å². The predicted molar refractivity (Wildman–Crippen MR) is 121 cm³/mol. The van der Waals surface area contributed by atoms with Gasteiger partial charge in [0.25, 0.3) is 0 Å². The highest BCUT2D eigenvalue weighted by atomic mass is 127. The van der Waals surface area contributed by atoms with Crippen LogP contribution in [0.4, 0.5) is 0 Å². The molecule has 0 aliphatic heterocycles. The van der Waals surface area contributed by atoms with E-state index in [2.05, 4.69) is 32.7 Å². The van der Waals surface area contributed by atoms with Gasteiger partial charge in [0.05, 0.1) is 6.54 Å². The molecule has 2 heterocycles. The van der Waals surface area contributed by atoms with E-state index in [1.54, 1.807) is 0 Å². The summed E-state index contributed by atoms with van der Waals surface area (Å²) in [6.45, 7) is 4.21. The first-order chi connectivity index (χ1) is 12.8. The maximum atomic E-state index is 6.19. The van der Waals surface area contributed by atoms with Gasteiger partial charge < -0.3 is 10.6 Å². The number of benzene rings is 1. The lowest BCUT2D eigenvalue weighted by Crippen LogP contribution is -2.37. The third kappa shape index (κ3) is 6.07. The fraction of sp³-hybridized carbons (Fsp3) is 0.316. The summed E-state index contributed by atoms with van der Waals surface area (Å²) in [6, 6.07) is 13.7. The van der Waals surface area contributed by atoms with Gasteiger partial charge in [-0.05, 0) is 37.1 Å². The van der Waals surface area contributed by atoms with Crippen LogP contribution in [0.15, 0.2) is 53.7 Å². The van der Waals surface area contributed by atoms with Crippen molar-refractivity contribution in [2.24, 2.45) is 4.99 Å². The van der Waals surface area contributed by atoms with Crippen LogP contribution in [0.3, 0.4) is 0 Å². The maximum absolute atomic E-state index is 6.19. The number of hydrogen-bond donors (Lipinski definition) is 2. The molecule has 27 heavy (non-hydrogen) atoms. The number of guanidine groups is 1. The normalized spacial score (nSPS) is 11.3. The number of pyridine rings is 1. The highest BCUT2D eigenvalue weighted by Crippen LogP contribution is 2.15. The smallest absolute Gasteiger partial charge is 0.191 e. The van der Waals surface area contributed by atoms with E-state index in [0.717, 1.165) is 53.9 Å². The Kier molecular flexibility index (Phi) is 8.80. The lowest BCUT2D eigenvalue weighted by atomic mass is 10.2. The first-order valence-electron chi connectivity index (χ1n) is 8.82. The summed E-state index contributed by atoms with van der Waals surface area (Å²) in [4.78, 5) is 4.61. The van der Waals surface area contributed by atoms with Crippen molar-refractivity contribution in [3.05, 3.63) is 65.1 Å². The Labute approximate surface area is 181 Å². The molecule has 1 aromatic carbocycles. The standard InChI is InChI=1S/C19H23ClN6.HI/c1-2-21-19(23-14-15-8-3-4-9-16(15)20)22-12-7-11-18-25-24-17-10-5-6-13-26(17)18;/h3-6,8-10,13H,2,7,11-12,14H2,1H3,(H2,21,22,23);1H. The van der Waals surface area contributed by atoms with E-state index in [0.29, 0.717) is 6.54 Å². The van der Waals surface area contributed by atoms with Crippen molar-refractivity contribution in [1.29, 1.82) is 0 Å². The number of nitrogens with one attached hydrogen (secondary N) is 2. The van der Waals surface area contributed by atoms with Gasteiger partial charge in [-0.1, -0.05) is 35.9 Å². The van der Waals surface area contributed by atoms with Gasteiger partial charge in [-0.25, -0.2) is 4.99 Å². The number of aromatic nitrogens is 3. The molecular weight excluding hydrogens is 475 g/mol. The van der Waals surface area contributed by atoms with Crippen molar-refractivity contribution in [2.75, 3.05) is 13.1 Å².